The normalized spacial score (nSPS) is 11.6. The number of rotatable bonds is 9. The fourth-order valence-corrected chi connectivity index (χ4v) is 2.95. The van der Waals surface area contributed by atoms with Crippen molar-refractivity contribution in [2.45, 2.75) is 32.7 Å². The van der Waals surface area contributed by atoms with Gasteiger partial charge in [-0.3, -0.25) is 4.72 Å². The molecule has 0 aliphatic rings. The van der Waals surface area contributed by atoms with E-state index in [1.54, 1.807) is 24.3 Å². The van der Waals surface area contributed by atoms with Crippen LogP contribution in [0.25, 0.3) is 0 Å². The van der Waals surface area contributed by atoms with Crippen molar-refractivity contribution in [1.82, 2.24) is 5.32 Å². The molecule has 1 rings (SSSR count). The quantitative estimate of drug-likeness (QED) is 0.686. The number of unbranched alkanes of at least 4 members (excludes halogenated alkanes) is 1. The Morgan fingerprint density at radius 3 is 2.55 bits per heavy atom. The summed E-state index contributed by atoms with van der Waals surface area (Å²) in [7, 11) is -1.81. The highest BCUT2D eigenvalue weighted by Gasteiger charge is 2.12. The van der Waals surface area contributed by atoms with E-state index in [9.17, 15) is 8.42 Å². The van der Waals surface area contributed by atoms with E-state index < -0.39 is 10.0 Å². The molecule has 0 amide bonds. The van der Waals surface area contributed by atoms with Crippen LogP contribution < -0.4 is 14.8 Å². The van der Waals surface area contributed by atoms with Crippen LogP contribution in [0.3, 0.4) is 0 Å². The second kappa shape index (κ2) is 8.11. The van der Waals surface area contributed by atoms with Crippen LogP contribution in [0.2, 0.25) is 0 Å². The summed E-state index contributed by atoms with van der Waals surface area (Å²) >= 11 is 0. The molecule has 0 spiro atoms. The van der Waals surface area contributed by atoms with Crippen molar-refractivity contribution in [2.75, 3.05) is 24.1 Å². The first-order valence-corrected chi connectivity index (χ1v) is 8.47. The van der Waals surface area contributed by atoms with Gasteiger partial charge in [0.1, 0.15) is 5.75 Å². The number of hydrogen-bond acceptors (Lipinski definition) is 4. The zero-order valence-electron chi connectivity index (χ0n) is 12.3. The fourth-order valence-electron chi connectivity index (χ4n) is 1.76. The van der Waals surface area contributed by atoms with Crippen LogP contribution in [0.1, 0.15) is 26.7 Å². The van der Waals surface area contributed by atoms with E-state index in [0.717, 1.165) is 13.0 Å². The third-order valence-corrected chi connectivity index (χ3v) is 4.12. The predicted octanol–water partition coefficient (Wildman–Crippen LogP) is 2.22. The van der Waals surface area contributed by atoms with Gasteiger partial charge in [-0.25, -0.2) is 8.42 Å². The molecule has 0 fully saturated rings. The standard InChI is InChI=1S/C14H24N2O3S/c1-12(2)15-10-6-7-11-20(17,18)16-13-8-4-5-9-14(13)19-3/h4-5,8-9,12,15-16H,6-7,10-11H2,1-3H3. The minimum atomic E-state index is -3.33. The summed E-state index contributed by atoms with van der Waals surface area (Å²) < 4.78 is 31.6. The zero-order valence-corrected chi connectivity index (χ0v) is 13.2. The molecule has 0 saturated carbocycles. The van der Waals surface area contributed by atoms with Crippen molar-refractivity contribution < 1.29 is 13.2 Å². The third kappa shape index (κ3) is 6.25. The number of anilines is 1. The number of ether oxygens (including phenoxy) is 1. The Kier molecular flexibility index (Phi) is 6.81. The van der Waals surface area contributed by atoms with Gasteiger partial charge in [0.15, 0.2) is 0 Å². The number of hydrogen-bond donors (Lipinski definition) is 2. The van der Waals surface area contributed by atoms with Crippen LogP contribution in [0.4, 0.5) is 5.69 Å². The van der Waals surface area contributed by atoms with Crippen LogP contribution >= 0.6 is 0 Å². The highest BCUT2D eigenvalue weighted by atomic mass is 32.2. The van der Waals surface area contributed by atoms with Crippen molar-refractivity contribution in [3.63, 3.8) is 0 Å². The second-order valence-corrected chi connectivity index (χ2v) is 6.78. The minimum Gasteiger partial charge on any atom is -0.495 e. The molecular formula is C14H24N2O3S. The van der Waals surface area contributed by atoms with Crippen LogP contribution in [0.5, 0.6) is 5.75 Å². The first kappa shape index (κ1) is 16.8. The van der Waals surface area contributed by atoms with Crippen molar-refractivity contribution in [2.24, 2.45) is 0 Å². The molecule has 0 atom stereocenters. The van der Waals surface area contributed by atoms with Gasteiger partial charge in [0.25, 0.3) is 0 Å². The first-order chi connectivity index (χ1) is 9.44. The lowest BCUT2D eigenvalue weighted by molar-refractivity contribution is 0.417. The molecule has 0 unspecified atom stereocenters. The van der Waals surface area contributed by atoms with Crippen molar-refractivity contribution in [3.05, 3.63) is 24.3 Å². The Labute approximate surface area is 121 Å². The maximum Gasteiger partial charge on any atom is 0.232 e. The molecule has 1 aromatic rings. The highest BCUT2D eigenvalue weighted by Crippen LogP contribution is 2.24. The molecular weight excluding hydrogens is 276 g/mol. The summed E-state index contributed by atoms with van der Waals surface area (Å²) in [6.45, 7) is 4.97. The fraction of sp³-hybridized carbons (Fsp3) is 0.571. The molecule has 0 aromatic heterocycles. The van der Waals surface area contributed by atoms with Crippen molar-refractivity contribution >= 4 is 15.7 Å². The Morgan fingerprint density at radius 2 is 1.90 bits per heavy atom. The monoisotopic (exact) mass is 300 g/mol. The minimum absolute atomic E-state index is 0.116. The summed E-state index contributed by atoms with van der Waals surface area (Å²) in [6, 6.07) is 7.42. The Balaban J connectivity index is 2.45. The number of nitrogens with one attached hydrogen (secondary N) is 2. The van der Waals surface area contributed by atoms with E-state index in [0.29, 0.717) is 23.9 Å². The highest BCUT2D eigenvalue weighted by molar-refractivity contribution is 7.92. The summed E-state index contributed by atoms with van der Waals surface area (Å²) in [5, 5.41) is 3.26. The maximum atomic E-state index is 12.0. The van der Waals surface area contributed by atoms with Crippen LogP contribution in [0, 0.1) is 0 Å². The average Bonchev–Trinajstić information content (AvgIpc) is 2.38. The summed E-state index contributed by atoms with van der Waals surface area (Å²) in [6.07, 6.45) is 1.47. The van der Waals surface area contributed by atoms with Gasteiger partial charge in [0.05, 0.1) is 18.6 Å². The topological polar surface area (TPSA) is 67.4 Å². The molecule has 0 saturated heterocycles. The van der Waals surface area contributed by atoms with Gasteiger partial charge in [-0.1, -0.05) is 26.0 Å². The van der Waals surface area contributed by atoms with E-state index in [1.807, 2.05) is 0 Å². The van der Waals surface area contributed by atoms with E-state index in [-0.39, 0.29) is 5.75 Å². The maximum absolute atomic E-state index is 12.0. The molecule has 0 aliphatic heterocycles. The molecule has 0 aliphatic carbocycles. The Bertz CT molecular complexity index is 501. The zero-order chi connectivity index (χ0) is 15.0. The lowest BCUT2D eigenvalue weighted by Gasteiger charge is -2.12. The van der Waals surface area contributed by atoms with Gasteiger partial charge in [-0.05, 0) is 31.5 Å². The molecule has 6 heteroatoms. The van der Waals surface area contributed by atoms with E-state index in [2.05, 4.69) is 23.9 Å². The second-order valence-electron chi connectivity index (χ2n) is 4.94. The van der Waals surface area contributed by atoms with E-state index in [1.165, 1.54) is 7.11 Å². The summed E-state index contributed by atoms with van der Waals surface area (Å²) in [5.74, 6) is 0.641. The van der Waals surface area contributed by atoms with Crippen LogP contribution in [0.15, 0.2) is 24.3 Å². The predicted molar refractivity (Wildman–Crippen MR) is 82.8 cm³/mol. The van der Waals surface area contributed by atoms with Crippen LogP contribution in [-0.4, -0.2) is 33.9 Å². The molecule has 20 heavy (non-hydrogen) atoms. The SMILES string of the molecule is COc1ccccc1NS(=O)(=O)CCCCNC(C)C. The van der Waals surface area contributed by atoms with Gasteiger partial charge in [0, 0.05) is 6.04 Å². The lowest BCUT2D eigenvalue weighted by atomic mass is 10.3. The molecule has 114 valence electrons. The molecule has 2 N–H and O–H groups in total. The number of para-hydroxylation sites is 2. The summed E-state index contributed by atoms with van der Waals surface area (Å²) in [4.78, 5) is 0. The van der Waals surface area contributed by atoms with Gasteiger partial charge >= 0.3 is 0 Å². The van der Waals surface area contributed by atoms with E-state index >= 15 is 0 Å². The molecule has 0 heterocycles. The molecule has 0 radical (unpaired) electrons. The average molecular weight is 300 g/mol. The van der Waals surface area contributed by atoms with Crippen LogP contribution in [-0.2, 0) is 10.0 Å². The smallest absolute Gasteiger partial charge is 0.232 e. The molecule has 1 aromatic carbocycles. The number of methoxy groups -OCH3 is 1. The third-order valence-electron chi connectivity index (χ3n) is 2.76. The van der Waals surface area contributed by atoms with Crippen molar-refractivity contribution in [3.8, 4) is 5.75 Å². The molecule has 0 bridgehead atoms. The summed E-state index contributed by atoms with van der Waals surface area (Å²) in [5.41, 5.74) is 0.482. The first-order valence-electron chi connectivity index (χ1n) is 6.81. The number of benzene rings is 1. The van der Waals surface area contributed by atoms with Gasteiger partial charge in [0.2, 0.25) is 10.0 Å². The molecule has 5 nitrogen and oxygen atoms in total. The van der Waals surface area contributed by atoms with Gasteiger partial charge in [-0.15, -0.1) is 0 Å². The van der Waals surface area contributed by atoms with Crippen molar-refractivity contribution in [1.29, 1.82) is 0 Å². The largest absolute Gasteiger partial charge is 0.495 e. The van der Waals surface area contributed by atoms with Gasteiger partial charge in [-0.2, -0.15) is 0 Å². The Hall–Kier alpha value is -1.27. The van der Waals surface area contributed by atoms with Gasteiger partial charge < -0.3 is 10.1 Å². The number of sulfonamides is 1. The Morgan fingerprint density at radius 1 is 1.20 bits per heavy atom. The lowest BCUT2D eigenvalue weighted by Crippen LogP contribution is -2.24. The van der Waals surface area contributed by atoms with E-state index in [4.69, 9.17) is 4.74 Å².